The molecule has 0 saturated carbocycles. The number of nitrogens with zero attached hydrogens (tertiary/aromatic N) is 2. The van der Waals surface area contributed by atoms with Crippen LogP contribution in [-0.2, 0) is 25.6 Å². The van der Waals surface area contributed by atoms with Gasteiger partial charge in [-0.05, 0) is 46.1 Å². The highest BCUT2D eigenvalue weighted by atomic mass is 16.7. The molecule has 0 aliphatic carbocycles. The molecule has 1 N–H and O–H groups in total. The Morgan fingerprint density at radius 3 is 2.71 bits per heavy atom. The van der Waals surface area contributed by atoms with Crippen molar-refractivity contribution in [2.45, 2.75) is 58.5 Å². The molecule has 28 heavy (non-hydrogen) atoms. The lowest BCUT2D eigenvalue weighted by Crippen LogP contribution is -2.36. The summed E-state index contributed by atoms with van der Waals surface area (Å²) in [4.78, 5) is 18.9. The lowest BCUT2D eigenvalue weighted by atomic mass is 10.2. The number of rotatable bonds is 5. The summed E-state index contributed by atoms with van der Waals surface area (Å²) in [5, 5.41) is 2.74. The number of hydrogen-bond acceptors (Lipinski definition) is 7. The number of carbonyl (C=O) groups excluding carboxylic acids is 1. The third-order valence-electron chi connectivity index (χ3n) is 4.42. The molecule has 8 heteroatoms. The third kappa shape index (κ3) is 6.61. The van der Waals surface area contributed by atoms with E-state index in [9.17, 15) is 4.79 Å². The first kappa shape index (κ1) is 20.8. The van der Waals surface area contributed by atoms with Gasteiger partial charge in [0.05, 0.1) is 25.5 Å². The van der Waals surface area contributed by atoms with Gasteiger partial charge >= 0.3 is 6.09 Å². The van der Waals surface area contributed by atoms with Gasteiger partial charge in [-0.3, -0.25) is 5.32 Å². The summed E-state index contributed by atoms with van der Waals surface area (Å²) in [6.07, 6.45) is 2.37. The highest BCUT2D eigenvalue weighted by Crippen LogP contribution is 2.23. The number of hydrogen-bond donors (Lipinski definition) is 1. The number of amides is 1. The Labute approximate surface area is 166 Å². The summed E-state index contributed by atoms with van der Waals surface area (Å²) < 4.78 is 22.3. The minimum Gasteiger partial charge on any atom is -0.444 e. The van der Waals surface area contributed by atoms with Crippen LogP contribution in [0.5, 0.6) is 0 Å². The fourth-order valence-corrected chi connectivity index (χ4v) is 3.14. The predicted octanol–water partition coefficient (Wildman–Crippen LogP) is 3.31. The van der Waals surface area contributed by atoms with Gasteiger partial charge in [0.1, 0.15) is 11.4 Å². The second-order valence-electron chi connectivity index (χ2n) is 8.04. The molecule has 1 aromatic heterocycles. The van der Waals surface area contributed by atoms with Crippen LogP contribution in [0.4, 0.5) is 16.3 Å². The van der Waals surface area contributed by atoms with E-state index in [2.05, 4.69) is 15.2 Å². The maximum absolute atomic E-state index is 12.2. The minimum absolute atomic E-state index is 0.190. The summed E-state index contributed by atoms with van der Waals surface area (Å²) in [6, 6.07) is 3.85. The van der Waals surface area contributed by atoms with Crippen molar-refractivity contribution in [3.8, 4) is 0 Å². The molecule has 1 amide bonds. The second kappa shape index (κ2) is 9.54. The maximum Gasteiger partial charge on any atom is 0.413 e. The van der Waals surface area contributed by atoms with Crippen molar-refractivity contribution in [3.63, 3.8) is 0 Å². The van der Waals surface area contributed by atoms with E-state index in [0.29, 0.717) is 25.6 Å². The van der Waals surface area contributed by atoms with Gasteiger partial charge in [0, 0.05) is 31.5 Å². The van der Waals surface area contributed by atoms with E-state index in [1.54, 1.807) is 0 Å². The minimum atomic E-state index is -0.573. The van der Waals surface area contributed by atoms with Gasteiger partial charge in [-0.25, -0.2) is 9.78 Å². The first-order valence-corrected chi connectivity index (χ1v) is 9.96. The van der Waals surface area contributed by atoms with E-state index < -0.39 is 11.7 Å². The highest BCUT2D eigenvalue weighted by molar-refractivity contribution is 5.84. The van der Waals surface area contributed by atoms with Gasteiger partial charge in [0.15, 0.2) is 6.29 Å². The molecule has 1 atom stereocenters. The molecule has 0 bridgehead atoms. The van der Waals surface area contributed by atoms with Crippen LogP contribution in [0.2, 0.25) is 0 Å². The van der Waals surface area contributed by atoms with Crippen LogP contribution in [0.25, 0.3) is 0 Å². The molecule has 0 aromatic carbocycles. The molecule has 1 aromatic rings. The lowest BCUT2D eigenvalue weighted by Gasteiger charge is -2.29. The van der Waals surface area contributed by atoms with E-state index in [-0.39, 0.29) is 6.29 Å². The summed E-state index contributed by atoms with van der Waals surface area (Å²) in [7, 11) is 0. The Morgan fingerprint density at radius 1 is 1.25 bits per heavy atom. The number of aromatic nitrogens is 1. The molecule has 2 aliphatic rings. The Hall–Kier alpha value is -1.90. The first-order valence-electron chi connectivity index (χ1n) is 9.96. The topological polar surface area (TPSA) is 82.2 Å². The molecule has 1 unspecified atom stereocenters. The first-order chi connectivity index (χ1) is 13.4. The Balaban J connectivity index is 1.72. The van der Waals surface area contributed by atoms with E-state index >= 15 is 0 Å². The number of anilines is 2. The van der Waals surface area contributed by atoms with E-state index in [4.69, 9.17) is 18.9 Å². The zero-order valence-corrected chi connectivity index (χ0v) is 17.0. The van der Waals surface area contributed by atoms with Crippen LogP contribution in [0.1, 0.15) is 45.7 Å². The van der Waals surface area contributed by atoms with Crippen molar-refractivity contribution in [3.05, 3.63) is 17.8 Å². The van der Waals surface area contributed by atoms with Crippen molar-refractivity contribution in [1.82, 2.24) is 4.98 Å². The molecule has 0 radical (unpaired) electrons. The number of morpholine rings is 1. The molecule has 2 saturated heterocycles. The Bertz CT molecular complexity index is 650. The fourth-order valence-electron chi connectivity index (χ4n) is 3.14. The lowest BCUT2D eigenvalue weighted by molar-refractivity contribution is -0.169. The average molecular weight is 393 g/mol. The van der Waals surface area contributed by atoms with Crippen LogP contribution in [0.15, 0.2) is 12.1 Å². The van der Waals surface area contributed by atoms with Crippen LogP contribution < -0.4 is 10.2 Å². The molecule has 156 valence electrons. The molecule has 3 rings (SSSR count). The fraction of sp³-hybridized carbons (Fsp3) is 0.700. The predicted molar refractivity (Wildman–Crippen MR) is 106 cm³/mol. The maximum atomic E-state index is 12.2. The van der Waals surface area contributed by atoms with Gasteiger partial charge in [-0.15, -0.1) is 0 Å². The van der Waals surface area contributed by atoms with Crippen molar-refractivity contribution >= 4 is 17.6 Å². The largest absolute Gasteiger partial charge is 0.444 e. The number of nitrogens with one attached hydrogen (secondary N) is 1. The molecular weight excluding hydrogens is 362 g/mol. The van der Waals surface area contributed by atoms with E-state index in [1.807, 2.05) is 32.9 Å². The summed E-state index contributed by atoms with van der Waals surface area (Å²) in [5.41, 5.74) is 1.15. The van der Waals surface area contributed by atoms with Crippen LogP contribution in [0.3, 0.4) is 0 Å². The quantitative estimate of drug-likeness (QED) is 0.822. The zero-order valence-electron chi connectivity index (χ0n) is 17.0. The third-order valence-corrected chi connectivity index (χ3v) is 4.42. The summed E-state index contributed by atoms with van der Waals surface area (Å²) >= 11 is 0. The van der Waals surface area contributed by atoms with Crippen molar-refractivity contribution in [2.75, 3.05) is 43.1 Å². The molecule has 2 fully saturated rings. The highest BCUT2D eigenvalue weighted by Gasteiger charge is 2.20. The van der Waals surface area contributed by atoms with E-state index in [0.717, 1.165) is 50.3 Å². The van der Waals surface area contributed by atoms with Gasteiger partial charge < -0.3 is 23.8 Å². The van der Waals surface area contributed by atoms with Crippen LogP contribution in [0, 0.1) is 0 Å². The SMILES string of the molecule is CC(C)(C)OC(=O)Nc1cc(N2CCOCC2)cc(COC2CCCCO2)n1. The number of pyridine rings is 1. The Morgan fingerprint density at radius 2 is 2.04 bits per heavy atom. The molecule has 8 nitrogen and oxygen atoms in total. The van der Waals surface area contributed by atoms with Crippen LogP contribution >= 0.6 is 0 Å². The summed E-state index contributed by atoms with van der Waals surface area (Å²) in [5.74, 6) is 0.446. The Kier molecular flexibility index (Phi) is 7.09. The van der Waals surface area contributed by atoms with Gasteiger partial charge in [0.25, 0.3) is 0 Å². The molecular formula is C20H31N3O5. The standard InChI is InChI=1S/C20H31N3O5/c1-20(2,3)28-19(24)22-17-13-16(23-7-10-25-11-8-23)12-15(21-17)14-27-18-6-4-5-9-26-18/h12-13,18H,4-11,14H2,1-3H3,(H,21,22,24). The van der Waals surface area contributed by atoms with E-state index in [1.165, 1.54) is 0 Å². The molecule has 0 spiro atoms. The number of ether oxygens (including phenoxy) is 4. The van der Waals surface area contributed by atoms with Crippen molar-refractivity contribution in [2.24, 2.45) is 0 Å². The smallest absolute Gasteiger partial charge is 0.413 e. The zero-order chi connectivity index (χ0) is 20.0. The summed E-state index contributed by atoms with van der Waals surface area (Å²) in [6.45, 7) is 9.49. The van der Waals surface area contributed by atoms with Crippen molar-refractivity contribution in [1.29, 1.82) is 0 Å². The second-order valence-corrected chi connectivity index (χ2v) is 8.04. The van der Waals surface area contributed by atoms with Gasteiger partial charge in [-0.2, -0.15) is 0 Å². The van der Waals surface area contributed by atoms with Gasteiger partial charge in [0.2, 0.25) is 0 Å². The monoisotopic (exact) mass is 393 g/mol. The average Bonchev–Trinajstić information content (AvgIpc) is 2.66. The normalized spacial score (nSPS) is 20.7. The van der Waals surface area contributed by atoms with Gasteiger partial charge in [-0.1, -0.05) is 0 Å². The number of carbonyl (C=O) groups is 1. The molecule has 2 aliphatic heterocycles. The van der Waals surface area contributed by atoms with Crippen molar-refractivity contribution < 1.29 is 23.7 Å². The molecule has 3 heterocycles. The van der Waals surface area contributed by atoms with Crippen LogP contribution in [-0.4, -0.2) is 55.9 Å².